The van der Waals surface area contributed by atoms with Gasteiger partial charge in [0.15, 0.2) is 0 Å². The van der Waals surface area contributed by atoms with E-state index >= 15 is 0 Å². The number of nitrogens with one attached hydrogen (secondary N) is 1. The van der Waals surface area contributed by atoms with Crippen LogP contribution in [0.4, 0.5) is 5.95 Å². The molecule has 0 spiro atoms. The summed E-state index contributed by atoms with van der Waals surface area (Å²) < 4.78 is 2.34. The number of benzene rings is 3. The normalized spacial score (nSPS) is 18.9. The molecule has 134 valence electrons. The van der Waals surface area contributed by atoms with Gasteiger partial charge in [0, 0.05) is 5.02 Å². The average Bonchev–Trinajstić information content (AvgIpc) is 3.07. The van der Waals surface area contributed by atoms with Crippen LogP contribution in [0, 0.1) is 6.92 Å². The monoisotopic (exact) mass is 373 g/mol. The number of rotatable bonds is 2. The first-order chi connectivity index (χ1) is 13.2. The Bertz CT molecular complexity index is 1100. The lowest BCUT2D eigenvalue weighted by Crippen LogP contribution is -2.27. The standard InChI is InChI=1S/C23H20ClN3/c1-15-6-8-17(9-7-15)22-14-20(16-10-12-18(24)13-11-16)26-23-25-19-4-2-3-5-21(19)27(22)23/h2-13,20,22H,14H2,1H3,(H,25,26)/t20-,22-/m0/s1. The quantitative estimate of drug-likeness (QED) is 0.457. The van der Waals surface area contributed by atoms with Crippen molar-refractivity contribution in [2.24, 2.45) is 0 Å². The molecule has 3 nitrogen and oxygen atoms in total. The highest BCUT2D eigenvalue weighted by Gasteiger charge is 2.30. The van der Waals surface area contributed by atoms with Crippen LogP contribution in [0.15, 0.2) is 72.8 Å². The van der Waals surface area contributed by atoms with E-state index in [1.807, 2.05) is 18.2 Å². The number of aromatic nitrogens is 2. The molecule has 1 aliphatic heterocycles. The second-order valence-corrected chi connectivity index (χ2v) is 7.64. The minimum atomic E-state index is 0.192. The van der Waals surface area contributed by atoms with Crippen molar-refractivity contribution in [1.29, 1.82) is 0 Å². The van der Waals surface area contributed by atoms with Gasteiger partial charge in [-0.25, -0.2) is 4.98 Å². The second kappa shape index (κ2) is 6.43. The van der Waals surface area contributed by atoms with E-state index in [9.17, 15) is 0 Å². The number of anilines is 1. The van der Waals surface area contributed by atoms with Crippen molar-refractivity contribution in [1.82, 2.24) is 9.55 Å². The number of hydrogen-bond acceptors (Lipinski definition) is 2. The zero-order valence-corrected chi connectivity index (χ0v) is 15.8. The number of hydrogen-bond donors (Lipinski definition) is 1. The molecule has 0 radical (unpaired) electrons. The van der Waals surface area contributed by atoms with Crippen molar-refractivity contribution in [2.45, 2.75) is 25.4 Å². The van der Waals surface area contributed by atoms with Crippen molar-refractivity contribution in [2.75, 3.05) is 5.32 Å². The molecule has 2 atom stereocenters. The molecule has 3 aromatic carbocycles. The van der Waals surface area contributed by atoms with Crippen LogP contribution in [-0.2, 0) is 0 Å². The lowest BCUT2D eigenvalue weighted by atomic mass is 9.92. The first kappa shape index (κ1) is 16.4. The van der Waals surface area contributed by atoms with Crippen LogP contribution in [0.5, 0.6) is 0 Å². The molecule has 0 bridgehead atoms. The highest BCUT2D eigenvalue weighted by atomic mass is 35.5. The van der Waals surface area contributed by atoms with Gasteiger partial charge in [0.2, 0.25) is 5.95 Å². The van der Waals surface area contributed by atoms with E-state index in [4.69, 9.17) is 16.6 Å². The van der Waals surface area contributed by atoms with Gasteiger partial charge in [-0.3, -0.25) is 0 Å². The van der Waals surface area contributed by atoms with Crippen molar-refractivity contribution in [3.63, 3.8) is 0 Å². The number of aryl methyl sites for hydroxylation is 1. The van der Waals surface area contributed by atoms with Gasteiger partial charge in [-0.15, -0.1) is 0 Å². The summed E-state index contributed by atoms with van der Waals surface area (Å²) in [5.41, 5.74) is 6.01. The van der Waals surface area contributed by atoms with E-state index in [-0.39, 0.29) is 12.1 Å². The van der Waals surface area contributed by atoms with Crippen LogP contribution in [0.2, 0.25) is 5.02 Å². The predicted octanol–water partition coefficient (Wildman–Crippen LogP) is 6.14. The fourth-order valence-electron chi connectivity index (χ4n) is 3.99. The summed E-state index contributed by atoms with van der Waals surface area (Å²) in [6.45, 7) is 2.13. The zero-order valence-electron chi connectivity index (χ0n) is 15.1. The molecule has 0 fully saturated rings. The van der Waals surface area contributed by atoms with Crippen molar-refractivity contribution in [3.05, 3.63) is 94.5 Å². The second-order valence-electron chi connectivity index (χ2n) is 7.20. The first-order valence-electron chi connectivity index (χ1n) is 9.24. The Morgan fingerprint density at radius 3 is 2.41 bits per heavy atom. The van der Waals surface area contributed by atoms with Gasteiger partial charge in [-0.05, 0) is 48.7 Å². The highest BCUT2D eigenvalue weighted by Crippen LogP contribution is 2.41. The maximum atomic E-state index is 6.09. The minimum Gasteiger partial charge on any atom is -0.349 e. The van der Waals surface area contributed by atoms with E-state index in [0.29, 0.717) is 0 Å². The topological polar surface area (TPSA) is 29.9 Å². The highest BCUT2D eigenvalue weighted by molar-refractivity contribution is 6.30. The summed E-state index contributed by atoms with van der Waals surface area (Å²) >= 11 is 6.09. The molecule has 0 aliphatic carbocycles. The van der Waals surface area contributed by atoms with E-state index in [1.165, 1.54) is 22.2 Å². The largest absolute Gasteiger partial charge is 0.349 e. The maximum absolute atomic E-state index is 6.09. The number of fused-ring (bicyclic) bond motifs is 3. The van der Waals surface area contributed by atoms with Gasteiger partial charge >= 0.3 is 0 Å². The van der Waals surface area contributed by atoms with Gasteiger partial charge < -0.3 is 9.88 Å². The minimum absolute atomic E-state index is 0.192. The van der Waals surface area contributed by atoms with E-state index in [0.717, 1.165) is 22.9 Å². The molecular weight excluding hydrogens is 354 g/mol. The smallest absolute Gasteiger partial charge is 0.204 e. The molecule has 0 amide bonds. The molecule has 1 aliphatic rings. The molecule has 1 aromatic heterocycles. The van der Waals surface area contributed by atoms with E-state index in [2.05, 4.69) is 71.4 Å². The van der Waals surface area contributed by atoms with Gasteiger partial charge in [0.25, 0.3) is 0 Å². The third kappa shape index (κ3) is 2.88. The molecule has 0 saturated carbocycles. The van der Waals surface area contributed by atoms with Crippen LogP contribution in [-0.4, -0.2) is 9.55 Å². The maximum Gasteiger partial charge on any atom is 0.204 e. The van der Waals surface area contributed by atoms with Crippen molar-refractivity contribution >= 4 is 28.6 Å². The van der Waals surface area contributed by atoms with Crippen LogP contribution in [0.1, 0.15) is 35.2 Å². The Morgan fingerprint density at radius 2 is 1.63 bits per heavy atom. The molecule has 0 saturated heterocycles. The Balaban J connectivity index is 1.65. The predicted molar refractivity (Wildman–Crippen MR) is 111 cm³/mol. The van der Waals surface area contributed by atoms with E-state index < -0.39 is 0 Å². The fraction of sp³-hybridized carbons (Fsp3) is 0.174. The lowest BCUT2D eigenvalue weighted by Gasteiger charge is -2.33. The van der Waals surface area contributed by atoms with Gasteiger partial charge in [-0.1, -0.05) is 65.7 Å². The van der Waals surface area contributed by atoms with Gasteiger partial charge in [0.05, 0.1) is 23.1 Å². The summed E-state index contributed by atoms with van der Waals surface area (Å²) in [6.07, 6.45) is 0.956. The summed E-state index contributed by atoms with van der Waals surface area (Å²) in [5, 5.41) is 4.40. The number of para-hydroxylation sites is 2. The number of imidazole rings is 1. The molecule has 27 heavy (non-hydrogen) atoms. The van der Waals surface area contributed by atoms with Crippen LogP contribution >= 0.6 is 11.6 Å². The Morgan fingerprint density at radius 1 is 0.926 bits per heavy atom. The molecule has 5 rings (SSSR count). The Labute approximate surface area is 163 Å². The van der Waals surface area contributed by atoms with Crippen LogP contribution in [0.25, 0.3) is 11.0 Å². The third-order valence-electron chi connectivity index (χ3n) is 5.40. The van der Waals surface area contributed by atoms with Crippen LogP contribution in [0.3, 0.4) is 0 Å². The summed E-state index contributed by atoms with van der Waals surface area (Å²) in [4.78, 5) is 4.87. The zero-order chi connectivity index (χ0) is 18.4. The molecule has 4 heteroatoms. The average molecular weight is 374 g/mol. The Kier molecular flexibility index (Phi) is 3.91. The SMILES string of the molecule is Cc1ccc([C@@H]2C[C@@H](c3ccc(Cl)cc3)Nc3nc4ccccc4n32)cc1. The lowest BCUT2D eigenvalue weighted by molar-refractivity contribution is 0.477. The number of nitrogens with zero attached hydrogens (tertiary/aromatic N) is 2. The van der Waals surface area contributed by atoms with Crippen molar-refractivity contribution < 1.29 is 0 Å². The van der Waals surface area contributed by atoms with Crippen LogP contribution < -0.4 is 5.32 Å². The molecule has 2 heterocycles. The molecule has 0 unspecified atom stereocenters. The molecule has 4 aromatic rings. The third-order valence-corrected chi connectivity index (χ3v) is 5.66. The Hall–Kier alpha value is -2.78. The fourth-order valence-corrected chi connectivity index (χ4v) is 4.12. The van der Waals surface area contributed by atoms with E-state index in [1.54, 1.807) is 0 Å². The summed E-state index contributed by atoms with van der Waals surface area (Å²) in [5.74, 6) is 0.924. The first-order valence-corrected chi connectivity index (χ1v) is 9.62. The summed E-state index contributed by atoms with van der Waals surface area (Å²) in [6, 6.07) is 25.7. The van der Waals surface area contributed by atoms with Gasteiger partial charge in [0.1, 0.15) is 0 Å². The molecular formula is C23H20ClN3. The van der Waals surface area contributed by atoms with Crippen molar-refractivity contribution in [3.8, 4) is 0 Å². The number of halogens is 1. The summed E-state index contributed by atoms with van der Waals surface area (Å²) in [7, 11) is 0. The molecule has 1 N–H and O–H groups in total. The van der Waals surface area contributed by atoms with Gasteiger partial charge in [-0.2, -0.15) is 0 Å².